The lowest BCUT2D eigenvalue weighted by Crippen LogP contribution is -2.20. The molecule has 1 atom stereocenters. The fourth-order valence-electron chi connectivity index (χ4n) is 3.20. The van der Waals surface area contributed by atoms with Gasteiger partial charge in [-0.1, -0.05) is 34.1 Å². The van der Waals surface area contributed by atoms with E-state index in [1.54, 1.807) is 6.07 Å². The van der Waals surface area contributed by atoms with Crippen molar-refractivity contribution in [1.29, 1.82) is 0 Å². The average molecular weight is 452 g/mol. The summed E-state index contributed by atoms with van der Waals surface area (Å²) in [5.41, 5.74) is 0.659. The molecule has 2 aromatic carbocycles. The largest absolute Gasteiger partial charge is 0.426 e. The van der Waals surface area contributed by atoms with E-state index in [1.807, 2.05) is 21.6 Å². The number of rotatable bonds is 8. The van der Waals surface area contributed by atoms with Crippen molar-refractivity contribution in [2.75, 3.05) is 12.8 Å². The van der Waals surface area contributed by atoms with Crippen molar-refractivity contribution in [2.45, 2.75) is 37.4 Å². The molecule has 30 heavy (non-hydrogen) atoms. The first kappa shape index (κ1) is 22.6. The molecule has 1 fully saturated rings. The van der Waals surface area contributed by atoms with Gasteiger partial charge in [0.25, 0.3) is 5.91 Å². The van der Waals surface area contributed by atoms with E-state index in [0.29, 0.717) is 10.8 Å². The van der Waals surface area contributed by atoms with Crippen LogP contribution >= 0.6 is 21.6 Å². The predicted molar refractivity (Wildman–Crippen MR) is 118 cm³/mol. The predicted octanol–water partition coefficient (Wildman–Crippen LogP) is 5.61. The second-order valence-electron chi connectivity index (χ2n) is 6.96. The average Bonchev–Trinajstić information content (AvgIpc) is 3.25. The Morgan fingerprint density at radius 3 is 2.70 bits per heavy atom. The van der Waals surface area contributed by atoms with Crippen molar-refractivity contribution in [2.24, 2.45) is 0 Å². The Balaban J connectivity index is 1.67. The van der Waals surface area contributed by atoms with Gasteiger partial charge in [0, 0.05) is 36.1 Å². The van der Waals surface area contributed by atoms with Gasteiger partial charge in [0.1, 0.15) is 17.4 Å². The van der Waals surface area contributed by atoms with Crippen LogP contribution in [0.2, 0.25) is 0 Å². The Kier molecular flexibility index (Phi) is 8.16. The molecule has 0 radical (unpaired) electrons. The zero-order chi connectivity index (χ0) is 21.5. The molecule has 0 aliphatic carbocycles. The SMILES string of the molecule is CNC(=O)c1cc(-c2ccc(F)cc2F)ccc1OC(=O)CCCCC1CCSS1. The molecule has 1 unspecified atom stereocenters. The van der Waals surface area contributed by atoms with Crippen LogP contribution in [-0.2, 0) is 4.79 Å². The molecule has 160 valence electrons. The molecule has 0 aromatic heterocycles. The van der Waals surface area contributed by atoms with Crippen LogP contribution in [0.1, 0.15) is 42.5 Å². The van der Waals surface area contributed by atoms with Crippen LogP contribution in [0.25, 0.3) is 11.1 Å². The summed E-state index contributed by atoms with van der Waals surface area (Å²) in [7, 11) is 5.28. The smallest absolute Gasteiger partial charge is 0.311 e. The number of hydrogen-bond acceptors (Lipinski definition) is 5. The molecule has 1 aliphatic rings. The molecule has 3 rings (SSSR count). The van der Waals surface area contributed by atoms with Crippen molar-refractivity contribution in [3.8, 4) is 16.9 Å². The number of amides is 1. The van der Waals surface area contributed by atoms with Crippen molar-refractivity contribution in [1.82, 2.24) is 5.32 Å². The number of carbonyl (C=O) groups excluding carboxylic acids is 2. The lowest BCUT2D eigenvalue weighted by atomic mass is 10.0. The van der Waals surface area contributed by atoms with E-state index in [2.05, 4.69) is 5.32 Å². The molecule has 1 amide bonds. The number of carbonyl (C=O) groups is 2. The fraction of sp³-hybridized carbons (Fsp3) is 0.364. The molecule has 1 N–H and O–H groups in total. The highest BCUT2D eigenvalue weighted by Gasteiger charge is 2.18. The van der Waals surface area contributed by atoms with Gasteiger partial charge in [0.05, 0.1) is 5.56 Å². The zero-order valence-corrected chi connectivity index (χ0v) is 18.2. The minimum atomic E-state index is -0.735. The second kappa shape index (κ2) is 10.8. The number of halogens is 2. The first-order valence-electron chi connectivity index (χ1n) is 9.78. The van der Waals surface area contributed by atoms with Gasteiger partial charge in [-0.3, -0.25) is 9.59 Å². The Morgan fingerprint density at radius 1 is 1.17 bits per heavy atom. The number of unbranched alkanes of at least 4 members (excludes halogenated alkanes) is 1. The zero-order valence-electron chi connectivity index (χ0n) is 16.6. The molecular formula is C22H23F2NO3S2. The number of nitrogens with one attached hydrogen (secondary N) is 1. The highest BCUT2D eigenvalue weighted by atomic mass is 33.1. The Hall–Kier alpha value is -2.06. The van der Waals surface area contributed by atoms with Crippen molar-refractivity contribution < 1.29 is 23.1 Å². The van der Waals surface area contributed by atoms with Gasteiger partial charge in [-0.25, -0.2) is 8.78 Å². The summed E-state index contributed by atoms with van der Waals surface area (Å²) < 4.78 is 32.7. The fourth-order valence-corrected chi connectivity index (χ4v) is 6.23. The summed E-state index contributed by atoms with van der Waals surface area (Å²) >= 11 is 0. The van der Waals surface area contributed by atoms with Gasteiger partial charge in [-0.05, 0) is 49.1 Å². The summed E-state index contributed by atoms with van der Waals surface area (Å²) in [6.07, 6.45) is 4.27. The summed E-state index contributed by atoms with van der Waals surface area (Å²) in [5, 5.41) is 3.16. The molecule has 0 bridgehead atoms. The first-order chi connectivity index (χ1) is 14.5. The molecule has 1 heterocycles. The van der Waals surface area contributed by atoms with Crippen LogP contribution in [-0.4, -0.2) is 29.9 Å². The first-order valence-corrected chi connectivity index (χ1v) is 12.2. The number of ether oxygens (including phenoxy) is 1. The quantitative estimate of drug-likeness (QED) is 0.245. The van der Waals surface area contributed by atoms with Gasteiger partial charge >= 0.3 is 5.97 Å². The molecule has 0 saturated carbocycles. The number of esters is 1. The highest BCUT2D eigenvalue weighted by molar-refractivity contribution is 8.77. The van der Waals surface area contributed by atoms with Crippen molar-refractivity contribution in [3.05, 3.63) is 53.6 Å². The van der Waals surface area contributed by atoms with Crippen LogP contribution < -0.4 is 10.1 Å². The minimum Gasteiger partial charge on any atom is -0.426 e. The van der Waals surface area contributed by atoms with Crippen LogP contribution in [0.5, 0.6) is 5.75 Å². The van der Waals surface area contributed by atoms with Gasteiger partial charge in [-0.15, -0.1) is 0 Å². The third-order valence-corrected chi connectivity index (χ3v) is 7.81. The van der Waals surface area contributed by atoms with E-state index in [-0.39, 0.29) is 23.3 Å². The molecular weight excluding hydrogens is 428 g/mol. The summed E-state index contributed by atoms with van der Waals surface area (Å²) in [4.78, 5) is 24.5. The van der Waals surface area contributed by atoms with E-state index in [1.165, 1.54) is 37.4 Å². The van der Waals surface area contributed by atoms with E-state index < -0.39 is 23.5 Å². The Bertz CT molecular complexity index is 917. The number of benzene rings is 2. The molecule has 1 aliphatic heterocycles. The molecule has 0 spiro atoms. The summed E-state index contributed by atoms with van der Waals surface area (Å²) in [6, 6.07) is 7.68. The molecule has 2 aromatic rings. The van der Waals surface area contributed by atoms with Crippen LogP contribution in [0.15, 0.2) is 36.4 Å². The third-order valence-electron chi connectivity index (χ3n) is 4.80. The van der Waals surface area contributed by atoms with Gasteiger partial charge in [0.2, 0.25) is 0 Å². The summed E-state index contributed by atoms with van der Waals surface area (Å²) in [5.74, 6) is -0.974. The van der Waals surface area contributed by atoms with E-state index >= 15 is 0 Å². The maximum absolute atomic E-state index is 14.1. The van der Waals surface area contributed by atoms with Crippen LogP contribution in [0.3, 0.4) is 0 Å². The van der Waals surface area contributed by atoms with Gasteiger partial charge < -0.3 is 10.1 Å². The van der Waals surface area contributed by atoms with E-state index in [0.717, 1.165) is 31.4 Å². The Morgan fingerprint density at radius 2 is 2.00 bits per heavy atom. The summed E-state index contributed by atoms with van der Waals surface area (Å²) in [6.45, 7) is 0. The van der Waals surface area contributed by atoms with E-state index in [9.17, 15) is 18.4 Å². The third kappa shape index (κ3) is 5.98. The standard InChI is InChI=1S/C22H23F2NO3S2/c1-25-22(27)18-12-14(17-8-7-15(23)13-19(17)24)6-9-20(18)28-21(26)5-3-2-4-16-10-11-29-30-16/h6-9,12-13,16H,2-5,10-11H2,1H3,(H,25,27). The molecule has 8 heteroatoms. The van der Waals surface area contributed by atoms with Gasteiger partial charge in [0.15, 0.2) is 0 Å². The van der Waals surface area contributed by atoms with Crippen molar-refractivity contribution in [3.63, 3.8) is 0 Å². The molecule has 4 nitrogen and oxygen atoms in total. The Labute approximate surface area is 182 Å². The lowest BCUT2D eigenvalue weighted by molar-refractivity contribution is -0.134. The minimum absolute atomic E-state index is 0.117. The number of hydrogen-bond donors (Lipinski definition) is 1. The topological polar surface area (TPSA) is 55.4 Å². The monoisotopic (exact) mass is 451 g/mol. The maximum atomic E-state index is 14.1. The maximum Gasteiger partial charge on any atom is 0.311 e. The second-order valence-corrected chi connectivity index (χ2v) is 9.75. The molecule has 1 saturated heterocycles. The van der Waals surface area contributed by atoms with Crippen molar-refractivity contribution >= 4 is 33.5 Å². The van der Waals surface area contributed by atoms with Gasteiger partial charge in [-0.2, -0.15) is 0 Å². The van der Waals surface area contributed by atoms with E-state index in [4.69, 9.17) is 4.74 Å². The highest BCUT2D eigenvalue weighted by Crippen LogP contribution is 2.40. The van der Waals surface area contributed by atoms with Crippen LogP contribution in [0, 0.1) is 11.6 Å². The normalized spacial score (nSPS) is 15.8. The lowest BCUT2D eigenvalue weighted by Gasteiger charge is -2.12. The van der Waals surface area contributed by atoms with Crippen LogP contribution in [0.4, 0.5) is 8.78 Å².